The molecule has 1 heterocycles. The molecule has 5 heteroatoms. The van der Waals surface area contributed by atoms with Gasteiger partial charge >= 0.3 is 0 Å². The molecule has 1 rings (SSSR count). The van der Waals surface area contributed by atoms with Gasteiger partial charge < -0.3 is 10.6 Å². The molecule has 0 fully saturated rings. The molecule has 1 atom stereocenters. The first-order chi connectivity index (χ1) is 8.60. The van der Waals surface area contributed by atoms with E-state index in [4.69, 9.17) is 5.73 Å². The summed E-state index contributed by atoms with van der Waals surface area (Å²) in [6.45, 7) is 3.97. The summed E-state index contributed by atoms with van der Waals surface area (Å²) in [4.78, 5) is 15.7. The SMILES string of the molecule is CCCN(CC(=O)N(C)C)C(CN)c1ccsc1. The molecule has 1 amide bonds. The third-order valence-electron chi connectivity index (χ3n) is 2.94. The van der Waals surface area contributed by atoms with Gasteiger partial charge in [-0.15, -0.1) is 0 Å². The highest BCUT2D eigenvalue weighted by atomic mass is 32.1. The number of nitrogens with zero attached hydrogens (tertiary/aromatic N) is 2. The van der Waals surface area contributed by atoms with Crippen molar-refractivity contribution >= 4 is 17.2 Å². The molecule has 4 nitrogen and oxygen atoms in total. The fourth-order valence-corrected chi connectivity index (χ4v) is 2.62. The smallest absolute Gasteiger partial charge is 0.236 e. The quantitative estimate of drug-likeness (QED) is 0.817. The van der Waals surface area contributed by atoms with Crippen molar-refractivity contribution in [1.82, 2.24) is 9.80 Å². The zero-order valence-electron chi connectivity index (χ0n) is 11.4. The molecule has 0 aliphatic rings. The minimum absolute atomic E-state index is 0.122. The van der Waals surface area contributed by atoms with Crippen LogP contribution in [0.1, 0.15) is 24.9 Å². The fourth-order valence-electron chi connectivity index (χ4n) is 1.91. The van der Waals surface area contributed by atoms with Crippen molar-refractivity contribution in [1.29, 1.82) is 0 Å². The topological polar surface area (TPSA) is 49.6 Å². The van der Waals surface area contributed by atoms with Gasteiger partial charge in [0.15, 0.2) is 0 Å². The predicted molar refractivity (Wildman–Crippen MR) is 76.7 cm³/mol. The summed E-state index contributed by atoms with van der Waals surface area (Å²) in [5.74, 6) is 0.122. The van der Waals surface area contributed by atoms with E-state index >= 15 is 0 Å². The van der Waals surface area contributed by atoms with Crippen LogP contribution in [0.5, 0.6) is 0 Å². The zero-order valence-corrected chi connectivity index (χ0v) is 12.2. The molecule has 0 radical (unpaired) electrons. The van der Waals surface area contributed by atoms with Gasteiger partial charge in [-0.25, -0.2) is 0 Å². The minimum atomic E-state index is 0.122. The van der Waals surface area contributed by atoms with Gasteiger partial charge in [-0.1, -0.05) is 6.92 Å². The zero-order chi connectivity index (χ0) is 13.5. The molecule has 0 saturated heterocycles. The van der Waals surface area contributed by atoms with Crippen LogP contribution in [0.25, 0.3) is 0 Å². The number of rotatable bonds is 7. The third kappa shape index (κ3) is 4.08. The van der Waals surface area contributed by atoms with Crippen LogP contribution in [-0.2, 0) is 4.79 Å². The van der Waals surface area contributed by atoms with Gasteiger partial charge in [0, 0.05) is 26.7 Å². The summed E-state index contributed by atoms with van der Waals surface area (Å²) in [5, 5.41) is 4.16. The van der Waals surface area contributed by atoms with Gasteiger partial charge in [-0.05, 0) is 35.4 Å². The maximum Gasteiger partial charge on any atom is 0.236 e. The van der Waals surface area contributed by atoms with E-state index in [1.807, 2.05) is 0 Å². The van der Waals surface area contributed by atoms with E-state index in [0.717, 1.165) is 13.0 Å². The van der Waals surface area contributed by atoms with Crippen molar-refractivity contribution in [2.45, 2.75) is 19.4 Å². The highest BCUT2D eigenvalue weighted by Gasteiger charge is 2.21. The van der Waals surface area contributed by atoms with E-state index < -0.39 is 0 Å². The minimum Gasteiger partial charge on any atom is -0.348 e. The van der Waals surface area contributed by atoms with E-state index in [1.54, 1.807) is 30.3 Å². The van der Waals surface area contributed by atoms with Gasteiger partial charge in [-0.2, -0.15) is 11.3 Å². The Morgan fingerprint density at radius 2 is 2.22 bits per heavy atom. The number of nitrogens with two attached hydrogens (primary N) is 1. The van der Waals surface area contributed by atoms with E-state index in [2.05, 4.69) is 28.7 Å². The molecule has 1 aromatic rings. The Hall–Kier alpha value is -0.910. The maximum atomic E-state index is 11.9. The van der Waals surface area contributed by atoms with Crippen LogP contribution in [0.4, 0.5) is 0 Å². The average molecular weight is 269 g/mol. The largest absolute Gasteiger partial charge is 0.348 e. The van der Waals surface area contributed by atoms with Gasteiger partial charge in [0.25, 0.3) is 0 Å². The first-order valence-electron chi connectivity index (χ1n) is 6.26. The van der Waals surface area contributed by atoms with Crippen LogP contribution < -0.4 is 5.73 Å². The monoisotopic (exact) mass is 269 g/mol. The third-order valence-corrected chi connectivity index (χ3v) is 3.64. The summed E-state index contributed by atoms with van der Waals surface area (Å²) in [7, 11) is 3.57. The molecule has 1 unspecified atom stereocenters. The lowest BCUT2D eigenvalue weighted by molar-refractivity contribution is -0.130. The Morgan fingerprint density at radius 3 is 2.67 bits per heavy atom. The van der Waals surface area contributed by atoms with Gasteiger partial charge in [0.05, 0.1) is 6.54 Å². The lowest BCUT2D eigenvalue weighted by atomic mass is 10.1. The van der Waals surface area contributed by atoms with Crippen molar-refractivity contribution in [3.63, 3.8) is 0 Å². The molecule has 0 aromatic carbocycles. The first kappa shape index (κ1) is 15.1. The van der Waals surface area contributed by atoms with Crippen molar-refractivity contribution in [2.24, 2.45) is 5.73 Å². The first-order valence-corrected chi connectivity index (χ1v) is 7.20. The van der Waals surface area contributed by atoms with E-state index in [0.29, 0.717) is 13.1 Å². The van der Waals surface area contributed by atoms with E-state index in [1.165, 1.54) is 5.56 Å². The number of carbonyl (C=O) groups is 1. The summed E-state index contributed by atoms with van der Waals surface area (Å²) in [6, 6.07) is 2.23. The highest BCUT2D eigenvalue weighted by Crippen LogP contribution is 2.22. The van der Waals surface area contributed by atoms with E-state index in [9.17, 15) is 4.79 Å². The van der Waals surface area contributed by atoms with Crippen LogP contribution in [0.3, 0.4) is 0 Å². The van der Waals surface area contributed by atoms with Crippen molar-refractivity contribution in [2.75, 3.05) is 33.7 Å². The van der Waals surface area contributed by atoms with Gasteiger partial charge in [0.2, 0.25) is 5.91 Å². The van der Waals surface area contributed by atoms with E-state index in [-0.39, 0.29) is 11.9 Å². The molecule has 0 saturated carbocycles. The van der Waals surface area contributed by atoms with Crippen molar-refractivity contribution < 1.29 is 4.79 Å². The molecular formula is C13H23N3OS. The predicted octanol–water partition coefficient (Wildman–Crippen LogP) is 1.55. The normalized spacial score (nSPS) is 12.7. The van der Waals surface area contributed by atoms with Crippen LogP contribution in [-0.4, -0.2) is 49.4 Å². The lowest BCUT2D eigenvalue weighted by Gasteiger charge is -2.30. The number of amides is 1. The van der Waals surface area contributed by atoms with Crippen LogP contribution in [0.15, 0.2) is 16.8 Å². The molecule has 0 spiro atoms. The summed E-state index contributed by atoms with van der Waals surface area (Å²) >= 11 is 1.67. The number of hydrogen-bond donors (Lipinski definition) is 1. The molecule has 2 N–H and O–H groups in total. The average Bonchev–Trinajstić information content (AvgIpc) is 2.83. The number of thiophene rings is 1. The Balaban J connectivity index is 2.78. The van der Waals surface area contributed by atoms with Crippen LogP contribution in [0.2, 0.25) is 0 Å². The fraction of sp³-hybridized carbons (Fsp3) is 0.615. The highest BCUT2D eigenvalue weighted by molar-refractivity contribution is 7.07. The summed E-state index contributed by atoms with van der Waals surface area (Å²) < 4.78 is 0. The summed E-state index contributed by atoms with van der Waals surface area (Å²) in [5.41, 5.74) is 7.10. The number of hydrogen-bond acceptors (Lipinski definition) is 4. The molecule has 0 aliphatic carbocycles. The van der Waals surface area contributed by atoms with Gasteiger partial charge in [0.1, 0.15) is 0 Å². The van der Waals surface area contributed by atoms with Crippen LogP contribution >= 0.6 is 11.3 Å². The van der Waals surface area contributed by atoms with Gasteiger partial charge in [-0.3, -0.25) is 9.69 Å². The second kappa shape index (κ2) is 7.51. The maximum absolute atomic E-state index is 11.9. The Kier molecular flexibility index (Phi) is 6.32. The molecule has 0 aliphatic heterocycles. The van der Waals surface area contributed by atoms with Crippen LogP contribution in [0, 0.1) is 0 Å². The molecule has 102 valence electrons. The second-order valence-electron chi connectivity index (χ2n) is 4.57. The number of carbonyl (C=O) groups excluding carboxylic acids is 1. The number of likely N-dealkylation sites (N-methyl/N-ethyl adjacent to an activating group) is 1. The molecule has 1 aromatic heterocycles. The second-order valence-corrected chi connectivity index (χ2v) is 5.35. The standard InChI is InChI=1S/C13H23N3OS/c1-4-6-16(9-13(17)15(2)3)12(8-14)11-5-7-18-10-11/h5,7,10,12H,4,6,8-9,14H2,1-3H3. The Labute approximate surface area is 113 Å². The molecule has 0 bridgehead atoms. The molecular weight excluding hydrogens is 246 g/mol. The Bertz CT molecular complexity index is 351. The van der Waals surface area contributed by atoms with Crippen molar-refractivity contribution in [3.05, 3.63) is 22.4 Å². The lowest BCUT2D eigenvalue weighted by Crippen LogP contribution is -2.41. The van der Waals surface area contributed by atoms with Crippen molar-refractivity contribution in [3.8, 4) is 0 Å². The Morgan fingerprint density at radius 1 is 1.50 bits per heavy atom. The molecule has 18 heavy (non-hydrogen) atoms. The summed E-state index contributed by atoms with van der Waals surface area (Å²) in [6.07, 6.45) is 1.02.